The van der Waals surface area contributed by atoms with Gasteiger partial charge in [0.15, 0.2) is 0 Å². The predicted octanol–water partition coefficient (Wildman–Crippen LogP) is 6.02. The SMILES string of the molecule is CC/C=C(/SCCCCCCCCCCCC)C(=O)O. The molecule has 0 aliphatic carbocycles. The third kappa shape index (κ3) is 12.6. The van der Waals surface area contributed by atoms with E-state index in [1.54, 1.807) is 0 Å². The van der Waals surface area contributed by atoms with E-state index < -0.39 is 5.97 Å². The smallest absolute Gasteiger partial charge is 0.341 e. The summed E-state index contributed by atoms with van der Waals surface area (Å²) < 4.78 is 0. The summed E-state index contributed by atoms with van der Waals surface area (Å²) in [6.07, 6.45) is 15.9. The highest BCUT2D eigenvalue weighted by atomic mass is 32.2. The molecule has 2 nitrogen and oxygen atoms in total. The van der Waals surface area contributed by atoms with Crippen molar-refractivity contribution in [2.45, 2.75) is 84.5 Å². The molecule has 20 heavy (non-hydrogen) atoms. The van der Waals surface area contributed by atoms with E-state index in [1.165, 1.54) is 69.5 Å². The first-order chi connectivity index (χ1) is 9.72. The molecule has 0 saturated heterocycles. The summed E-state index contributed by atoms with van der Waals surface area (Å²) >= 11 is 1.49. The maximum atomic E-state index is 10.9. The summed E-state index contributed by atoms with van der Waals surface area (Å²) in [4.78, 5) is 11.4. The number of rotatable bonds is 14. The van der Waals surface area contributed by atoms with Gasteiger partial charge in [-0.2, -0.15) is 0 Å². The van der Waals surface area contributed by atoms with E-state index in [-0.39, 0.29) is 0 Å². The monoisotopic (exact) mass is 300 g/mol. The zero-order chi connectivity index (χ0) is 15.1. The van der Waals surface area contributed by atoms with Crippen molar-refractivity contribution >= 4 is 17.7 Å². The maximum Gasteiger partial charge on any atom is 0.341 e. The average Bonchev–Trinajstić information content (AvgIpc) is 2.43. The molecule has 0 saturated carbocycles. The quantitative estimate of drug-likeness (QED) is 0.315. The normalized spacial score (nSPS) is 11.8. The van der Waals surface area contributed by atoms with Crippen LogP contribution >= 0.6 is 11.8 Å². The van der Waals surface area contributed by atoms with Gasteiger partial charge in [-0.25, -0.2) is 4.79 Å². The molecule has 0 unspecified atom stereocenters. The molecule has 0 rings (SSSR count). The van der Waals surface area contributed by atoms with E-state index in [4.69, 9.17) is 5.11 Å². The highest BCUT2D eigenvalue weighted by Crippen LogP contribution is 2.19. The standard InChI is InChI=1S/C17H32O2S/c1-3-5-6-7-8-9-10-11-12-13-15-20-16(14-4-2)17(18)19/h14H,3-13,15H2,1-2H3,(H,18,19)/b16-14+. The Labute approximate surface area is 129 Å². The van der Waals surface area contributed by atoms with Crippen molar-refractivity contribution in [2.24, 2.45) is 0 Å². The second-order valence-corrected chi connectivity index (χ2v) is 6.45. The summed E-state index contributed by atoms with van der Waals surface area (Å²) in [5.41, 5.74) is 0. The van der Waals surface area contributed by atoms with E-state index >= 15 is 0 Å². The lowest BCUT2D eigenvalue weighted by Crippen LogP contribution is -1.97. The first kappa shape index (κ1) is 19.6. The van der Waals surface area contributed by atoms with Crippen molar-refractivity contribution in [3.63, 3.8) is 0 Å². The first-order valence-electron chi connectivity index (χ1n) is 8.28. The molecule has 0 heterocycles. The molecule has 0 aliphatic heterocycles. The lowest BCUT2D eigenvalue weighted by molar-refractivity contribution is -0.131. The fraction of sp³-hybridized carbons (Fsp3) is 0.824. The van der Waals surface area contributed by atoms with Gasteiger partial charge in [0.05, 0.1) is 4.91 Å². The van der Waals surface area contributed by atoms with Gasteiger partial charge < -0.3 is 5.11 Å². The number of aliphatic carboxylic acids is 1. The lowest BCUT2D eigenvalue weighted by Gasteiger charge is -2.03. The molecular weight excluding hydrogens is 268 g/mol. The predicted molar refractivity (Wildman–Crippen MR) is 90.3 cm³/mol. The van der Waals surface area contributed by atoms with Crippen LogP contribution in [0.5, 0.6) is 0 Å². The molecule has 0 aromatic heterocycles. The van der Waals surface area contributed by atoms with E-state index in [1.807, 2.05) is 13.0 Å². The van der Waals surface area contributed by atoms with Crippen LogP contribution < -0.4 is 0 Å². The second-order valence-electron chi connectivity index (χ2n) is 5.31. The average molecular weight is 301 g/mol. The molecule has 0 radical (unpaired) electrons. The van der Waals surface area contributed by atoms with E-state index in [0.29, 0.717) is 4.91 Å². The largest absolute Gasteiger partial charge is 0.477 e. The van der Waals surface area contributed by atoms with Gasteiger partial charge in [-0.3, -0.25) is 0 Å². The number of hydrogen-bond donors (Lipinski definition) is 1. The van der Waals surface area contributed by atoms with Crippen LogP contribution in [0.3, 0.4) is 0 Å². The Hall–Kier alpha value is -0.440. The number of carboxylic acids is 1. The van der Waals surface area contributed by atoms with E-state index in [0.717, 1.165) is 18.6 Å². The molecule has 0 spiro atoms. The van der Waals surface area contributed by atoms with Gasteiger partial charge in [-0.15, -0.1) is 11.8 Å². The Kier molecular flexibility index (Phi) is 14.6. The zero-order valence-electron chi connectivity index (χ0n) is 13.3. The molecule has 0 fully saturated rings. The van der Waals surface area contributed by atoms with Gasteiger partial charge >= 0.3 is 5.97 Å². The number of thioether (sulfide) groups is 1. The fourth-order valence-corrected chi connectivity index (χ4v) is 3.14. The Morgan fingerprint density at radius 1 is 0.900 bits per heavy atom. The van der Waals surface area contributed by atoms with Gasteiger partial charge in [0.2, 0.25) is 0 Å². The Bertz CT molecular complexity index is 262. The van der Waals surface area contributed by atoms with Crippen LogP contribution in [-0.4, -0.2) is 16.8 Å². The molecular formula is C17H32O2S. The third-order valence-electron chi connectivity index (χ3n) is 3.36. The van der Waals surface area contributed by atoms with Crippen LogP contribution in [0, 0.1) is 0 Å². The maximum absolute atomic E-state index is 10.9. The Morgan fingerprint density at radius 2 is 1.40 bits per heavy atom. The van der Waals surface area contributed by atoms with E-state index in [9.17, 15) is 4.79 Å². The highest BCUT2D eigenvalue weighted by molar-refractivity contribution is 8.03. The van der Waals surface area contributed by atoms with E-state index in [2.05, 4.69) is 6.92 Å². The number of carboxylic acid groups (broad SMARTS) is 1. The molecule has 0 aromatic rings. The molecule has 0 atom stereocenters. The van der Waals surface area contributed by atoms with Gasteiger partial charge in [-0.05, 0) is 18.6 Å². The van der Waals surface area contributed by atoms with Crippen LogP contribution in [0.15, 0.2) is 11.0 Å². The molecule has 3 heteroatoms. The minimum Gasteiger partial charge on any atom is -0.477 e. The van der Waals surface area contributed by atoms with Crippen molar-refractivity contribution in [1.82, 2.24) is 0 Å². The van der Waals surface area contributed by atoms with Crippen molar-refractivity contribution < 1.29 is 9.90 Å². The molecule has 0 amide bonds. The molecule has 118 valence electrons. The lowest BCUT2D eigenvalue weighted by atomic mass is 10.1. The summed E-state index contributed by atoms with van der Waals surface area (Å²) in [7, 11) is 0. The summed E-state index contributed by atoms with van der Waals surface area (Å²) in [5.74, 6) is 0.165. The van der Waals surface area contributed by atoms with Gasteiger partial charge in [0.25, 0.3) is 0 Å². The van der Waals surface area contributed by atoms with Crippen molar-refractivity contribution in [1.29, 1.82) is 0 Å². The summed E-state index contributed by atoms with van der Waals surface area (Å²) in [6.45, 7) is 4.23. The van der Waals surface area contributed by atoms with Gasteiger partial charge in [0.1, 0.15) is 0 Å². The number of allylic oxidation sites excluding steroid dienone is 1. The number of carbonyl (C=O) groups is 1. The van der Waals surface area contributed by atoms with Crippen LogP contribution in [0.25, 0.3) is 0 Å². The third-order valence-corrected chi connectivity index (χ3v) is 4.50. The van der Waals surface area contributed by atoms with Crippen LogP contribution in [-0.2, 0) is 4.79 Å². The zero-order valence-corrected chi connectivity index (χ0v) is 14.1. The Balaban J connectivity index is 3.32. The first-order valence-corrected chi connectivity index (χ1v) is 9.27. The van der Waals surface area contributed by atoms with Crippen LogP contribution in [0.4, 0.5) is 0 Å². The molecule has 0 aromatic carbocycles. The topological polar surface area (TPSA) is 37.3 Å². The van der Waals surface area contributed by atoms with Crippen molar-refractivity contribution in [3.05, 3.63) is 11.0 Å². The van der Waals surface area contributed by atoms with Gasteiger partial charge in [-0.1, -0.05) is 77.7 Å². The minimum atomic E-state index is -0.774. The van der Waals surface area contributed by atoms with Gasteiger partial charge in [0, 0.05) is 0 Å². The molecule has 0 aliphatic rings. The summed E-state index contributed by atoms with van der Waals surface area (Å²) in [5, 5.41) is 8.98. The minimum absolute atomic E-state index is 0.517. The number of unbranched alkanes of at least 4 members (excludes halogenated alkanes) is 9. The molecule has 1 N–H and O–H groups in total. The second kappa shape index (κ2) is 15.0. The highest BCUT2D eigenvalue weighted by Gasteiger charge is 2.06. The summed E-state index contributed by atoms with van der Waals surface area (Å²) in [6, 6.07) is 0. The van der Waals surface area contributed by atoms with Crippen molar-refractivity contribution in [3.8, 4) is 0 Å². The fourth-order valence-electron chi connectivity index (χ4n) is 2.16. The number of hydrogen-bond acceptors (Lipinski definition) is 2. The van der Waals surface area contributed by atoms with Crippen LogP contribution in [0.1, 0.15) is 84.5 Å². The Morgan fingerprint density at radius 3 is 1.85 bits per heavy atom. The molecule has 0 bridgehead atoms. The van der Waals surface area contributed by atoms with Crippen LogP contribution in [0.2, 0.25) is 0 Å². The van der Waals surface area contributed by atoms with Crippen molar-refractivity contribution in [2.75, 3.05) is 5.75 Å².